The van der Waals surface area contributed by atoms with Crippen LogP contribution in [-0.2, 0) is 9.53 Å². The van der Waals surface area contributed by atoms with Crippen molar-refractivity contribution in [2.75, 3.05) is 39.9 Å². The summed E-state index contributed by atoms with van der Waals surface area (Å²) >= 11 is 0. The van der Waals surface area contributed by atoms with Gasteiger partial charge in [0.2, 0.25) is 5.91 Å². The molecule has 1 amide bonds. The van der Waals surface area contributed by atoms with Crippen LogP contribution in [0, 0.1) is 5.92 Å². The summed E-state index contributed by atoms with van der Waals surface area (Å²) in [4.78, 5) is 13.7. The number of halogens is 1. The van der Waals surface area contributed by atoms with E-state index in [1.54, 1.807) is 0 Å². The van der Waals surface area contributed by atoms with Gasteiger partial charge < -0.3 is 15.0 Å². The molecule has 0 aromatic heterocycles. The summed E-state index contributed by atoms with van der Waals surface area (Å²) in [6.45, 7) is 5.92. The van der Waals surface area contributed by atoms with Gasteiger partial charge in [0.25, 0.3) is 0 Å². The van der Waals surface area contributed by atoms with Crippen LogP contribution in [-0.4, -0.2) is 50.7 Å². The van der Waals surface area contributed by atoms with Crippen molar-refractivity contribution < 1.29 is 9.53 Å². The molecule has 1 heterocycles. The number of nitrogens with zero attached hydrogens (tertiary/aromatic N) is 1. The van der Waals surface area contributed by atoms with Crippen LogP contribution in [0.1, 0.15) is 32.6 Å². The molecule has 0 aromatic rings. The lowest BCUT2D eigenvalue weighted by Gasteiger charge is -2.16. The van der Waals surface area contributed by atoms with Gasteiger partial charge in [-0.05, 0) is 32.4 Å². The van der Waals surface area contributed by atoms with Gasteiger partial charge in [0.05, 0.1) is 0 Å². The van der Waals surface area contributed by atoms with Crippen molar-refractivity contribution in [2.45, 2.75) is 32.6 Å². The van der Waals surface area contributed by atoms with Gasteiger partial charge in [0.1, 0.15) is 6.61 Å². The fourth-order valence-corrected chi connectivity index (χ4v) is 2.22. The molecule has 18 heavy (non-hydrogen) atoms. The lowest BCUT2D eigenvalue weighted by molar-refractivity contribution is -0.135. The monoisotopic (exact) mass is 278 g/mol. The first-order valence-electron chi connectivity index (χ1n) is 6.78. The fraction of sp³-hybridized carbons (Fsp3) is 0.923. The third-order valence-electron chi connectivity index (χ3n) is 3.25. The SMILES string of the molecule is CCCCCOCC(=O)N1CCC(CNC)C1.Cl. The van der Waals surface area contributed by atoms with E-state index in [1.165, 1.54) is 12.8 Å². The molecule has 0 bridgehead atoms. The molecule has 5 heteroatoms. The summed E-state index contributed by atoms with van der Waals surface area (Å²) in [5.74, 6) is 0.768. The molecular weight excluding hydrogens is 252 g/mol. The molecular formula is C13H27ClN2O2. The Kier molecular flexibility index (Phi) is 10.4. The second kappa shape index (κ2) is 10.6. The number of likely N-dealkylation sites (tertiary alicyclic amines) is 1. The summed E-state index contributed by atoms with van der Waals surface area (Å²) in [6.07, 6.45) is 4.55. The first-order chi connectivity index (χ1) is 8.27. The van der Waals surface area contributed by atoms with Crippen LogP contribution in [0.25, 0.3) is 0 Å². The van der Waals surface area contributed by atoms with Crippen molar-refractivity contribution in [3.05, 3.63) is 0 Å². The number of carbonyl (C=O) groups is 1. The molecule has 0 saturated carbocycles. The summed E-state index contributed by atoms with van der Waals surface area (Å²) in [6, 6.07) is 0. The standard InChI is InChI=1S/C13H26N2O2.ClH/c1-3-4-5-8-17-11-13(16)15-7-6-12(10-15)9-14-2;/h12,14H,3-11H2,1-2H3;1H. The van der Waals surface area contributed by atoms with E-state index in [0.717, 1.165) is 32.5 Å². The van der Waals surface area contributed by atoms with Crippen LogP contribution in [0.2, 0.25) is 0 Å². The molecule has 1 fully saturated rings. The molecule has 1 aliphatic rings. The second-order valence-corrected chi connectivity index (χ2v) is 4.81. The van der Waals surface area contributed by atoms with Crippen LogP contribution < -0.4 is 5.32 Å². The maximum atomic E-state index is 11.8. The smallest absolute Gasteiger partial charge is 0.248 e. The minimum absolute atomic E-state index is 0. The number of nitrogens with one attached hydrogen (secondary N) is 1. The van der Waals surface area contributed by atoms with E-state index < -0.39 is 0 Å². The Morgan fingerprint density at radius 3 is 2.89 bits per heavy atom. The first kappa shape index (κ1) is 17.7. The number of carbonyl (C=O) groups excluding carboxylic acids is 1. The lowest BCUT2D eigenvalue weighted by atomic mass is 10.1. The van der Waals surface area contributed by atoms with Crippen molar-refractivity contribution in [2.24, 2.45) is 5.92 Å². The molecule has 0 radical (unpaired) electrons. The maximum absolute atomic E-state index is 11.8. The third kappa shape index (κ3) is 6.57. The molecule has 0 aromatic carbocycles. The van der Waals surface area contributed by atoms with Gasteiger partial charge in [0, 0.05) is 19.7 Å². The van der Waals surface area contributed by atoms with E-state index in [2.05, 4.69) is 12.2 Å². The van der Waals surface area contributed by atoms with Gasteiger partial charge in [0.15, 0.2) is 0 Å². The molecule has 0 spiro atoms. The highest BCUT2D eigenvalue weighted by atomic mass is 35.5. The van der Waals surface area contributed by atoms with Gasteiger partial charge in [-0.3, -0.25) is 4.79 Å². The average molecular weight is 279 g/mol. The third-order valence-corrected chi connectivity index (χ3v) is 3.25. The highest BCUT2D eigenvalue weighted by Gasteiger charge is 2.25. The number of rotatable bonds is 8. The Morgan fingerprint density at radius 2 is 2.22 bits per heavy atom. The van der Waals surface area contributed by atoms with Gasteiger partial charge in [-0.1, -0.05) is 19.8 Å². The Bertz CT molecular complexity index is 227. The van der Waals surface area contributed by atoms with Crippen molar-refractivity contribution >= 4 is 18.3 Å². The molecule has 1 N–H and O–H groups in total. The van der Waals surface area contributed by atoms with Crippen molar-refractivity contribution in [1.82, 2.24) is 10.2 Å². The van der Waals surface area contributed by atoms with Crippen molar-refractivity contribution in [3.63, 3.8) is 0 Å². The number of hydrogen-bond acceptors (Lipinski definition) is 3. The highest BCUT2D eigenvalue weighted by Crippen LogP contribution is 2.15. The van der Waals surface area contributed by atoms with Crippen molar-refractivity contribution in [1.29, 1.82) is 0 Å². The van der Waals surface area contributed by atoms with Crippen LogP contribution in [0.3, 0.4) is 0 Å². The number of unbranched alkanes of at least 4 members (excludes halogenated alkanes) is 2. The van der Waals surface area contributed by atoms with Crippen LogP contribution in [0.5, 0.6) is 0 Å². The zero-order chi connectivity index (χ0) is 12.5. The molecule has 1 atom stereocenters. The van der Waals surface area contributed by atoms with Crippen LogP contribution in [0.4, 0.5) is 0 Å². The van der Waals surface area contributed by atoms with Gasteiger partial charge in [-0.2, -0.15) is 0 Å². The summed E-state index contributed by atoms with van der Waals surface area (Å²) < 4.78 is 5.40. The molecule has 108 valence electrons. The second-order valence-electron chi connectivity index (χ2n) is 4.81. The molecule has 0 aliphatic carbocycles. The van der Waals surface area contributed by atoms with Gasteiger partial charge in [-0.15, -0.1) is 12.4 Å². The van der Waals surface area contributed by atoms with E-state index in [4.69, 9.17) is 4.74 Å². The summed E-state index contributed by atoms with van der Waals surface area (Å²) in [7, 11) is 1.96. The molecule has 1 unspecified atom stereocenters. The predicted molar refractivity (Wildman–Crippen MR) is 76.2 cm³/mol. The van der Waals surface area contributed by atoms with E-state index in [0.29, 0.717) is 12.5 Å². The number of hydrogen-bond donors (Lipinski definition) is 1. The van der Waals surface area contributed by atoms with Crippen molar-refractivity contribution in [3.8, 4) is 0 Å². The summed E-state index contributed by atoms with van der Waals surface area (Å²) in [5.41, 5.74) is 0. The number of ether oxygens (including phenoxy) is 1. The zero-order valence-corrected chi connectivity index (χ0v) is 12.4. The quantitative estimate of drug-likeness (QED) is 0.687. The van der Waals surface area contributed by atoms with E-state index >= 15 is 0 Å². The minimum Gasteiger partial charge on any atom is -0.372 e. The first-order valence-corrected chi connectivity index (χ1v) is 6.78. The molecule has 1 rings (SSSR count). The Balaban J connectivity index is 0.00000289. The maximum Gasteiger partial charge on any atom is 0.248 e. The zero-order valence-electron chi connectivity index (χ0n) is 11.6. The van der Waals surface area contributed by atoms with Crippen LogP contribution >= 0.6 is 12.4 Å². The molecule has 1 aliphatic heterocycles. The van der Waals surface area contributed by atoms with E-state index in [9.17, 15) is 4.79 Å². The Labute approximate surface area is 117 Å². The average Bonchev–Trinajstić information content (AvgIpc) is 2.78. The Morgan fingerprint density at radius 1 is 1.44 bits per heavy atom. The normalized spacial score (nSPS) is 18.8. The predicted octanol–water partition coefficient (Wildman–Crippen LogP) is 1.68. The minimum atomic E-state index is 0. The van der Waals surface area contributed by atoms with Crippen LogP contribution in [0.15, 0.2) is 0 Å². The van der Waals surface area contributed by atoms with Gasteiger partial charge in [-0.25, -0.2) is 0 Å². The Hall–Kier alpha value is -0.320. The van der Waals surface area contributed by atoms with Gasteiger partial charge >= 0.3 is 0 Å². The topological polar surface area (TPSA) is 41.6 Å². The number of amides is 1. The molecule has 1 saturated heterocycles. The highest BCUT2D eigenvalue weighted by molar-refractivity contribution is 5.85. The fourth-order valence-electron chi connectivity index (χ4n) is 2.22. The lowest BCUT2D eigenvalue weighted by Crippen LogP contribution is -2.33. The largest absolute Gasteiger partial charge is 0.372 e. The van der Waals surface area contributed by atoms with E-state index in [-0.39, 0.29) is 24.9 Å². The summed E-state index contributed by atoms with van der Waals surface area (Å²) in [5, 5.41) is 3.17. The van der Waals surface area contributed by atoms with E-state index in [1.807, 2.05) is 11.9 Å². The molecule has 4 nitrogen and oxygen atoms in total.